The minimum atomic E-state index is -3.71. The molecule has 0 atom stereocenters. The summed E-state index contributed by atoms with van der Waals surface area (Å²) >= 11 is 0. The van der Waals surface area contributed by atoms with Gasteiger partial charge in [-0.1, -0.05) is 18.2 Å². The molecule has 2 aromatic carbocycles. The number of anilines is 1. The molecule has 0 saturated carbocycles. The number of nitrogens with zero attached hydrogens (tertiary/aromatic N) is 2. The van der Waals surface area contributed by atoms with Crippen LogP contribution in [0.4, 0.5) is 5.69 Å². The Bertz CT molecular complexity index is 1010. The van der Waals surface area contributed by atoms with E-state index >= 15 is 0 Å². The maximum Gasteiger partial charge on any atom is 0.241 e. The Morgan fingerprint density at radius 3 is 2.28 bits per heavy atom. The molecule has 0 aliphatic carbocycles. The maximum absolute atomic E-state index is 12.5. The summed E-state index contributed by atoms with van der Waals surface area (Å²) in [7, 11) is -3.71. The van der Waals surface area contributed by atoms with Gasteiger partial charge in [0, 0.05) is 31.9 Å². The number of hydrogen-bond donors (Lipinski definition) is 1. The molecule has 3 rings (SSSR count). The van der Waals surface area contributed by atoms with Gasteiger partial charge < -0.3 is 9.80 Å². The summed E-state index contributed by atoms with van der Waals surface area (Å²) in [6.07, 6.45) is 0. The number of sulfonamides is 1. The average Bonchev–Trinajstić information content (AvgIpc) is 2.70. The summed E-state index contributed by atoms with van der Waals surface area (Å²) in [6.45, 7) is 10.4. The second-order valence-electron chi connectivity index (χ2n) is 7.66. The number of carbonyl (C=O) groups is 1. The summed E-state index contributed by atoms with van der Waals surface area (Å²) in [5.41, 5.74) is 5.64. The highest BCUT2D eigenvalue weighted by atomic mass is 32.2. The van der Waals surface area contributed by atoms with E-state index in [1.54, 1.807) is 23.1 Å². The molecule has 1 aliphatic rings. The molecule has 0 radical (unpaired) electrons. The Hall–Kier alpha value is -2.38. The van der Waals surface area contributed by atoms with E-state index in [-0.39, 0.29) is 17.3 Å². The van der Waals surface area contributed by atoms with E-state index in [4.69, 9.17) is 0 Å². The third-order valence-electron chi connectivity index (χ3n) is 5.75. The van der Waals surface area contributed by atoms with Crippen molar-refractivity contribution in [3.63, 3.8) is 0 Å². The molecule has 1 aliphatic heterocycles. The van der Waals surface area contributed by atoms with Crippen molar-refractivity contribution in [2.45, 2.75) is 32.6 Å². The Labute approximate surface area is 173 Å². The van der Waals surface area contributed by atoms with Crippen LogP contribution in [0.1, 0.15) is 22.3 Å². The van der Waals surface area contributed by atoms with Crippen LogP contribution in [0, 0.1) is 27.7 Å². The highest BCUT2D eigenvalue weighted by molar-refractivity contribution is 7.89. The molecule has 0 unspecified atom stereocenters. The van der Waals surface area contributed by atoms with E-state index in [0.29, 0.717) is 13.1 Å². The van der Waals surface area contributed by atoms with E-state index < -0.39 is 10.0 Å². The molecule has 156 valence electrons. The van der Waals surface area contributed by atoms with E-state index in [9.17, 15) is 13.2 Å². The highest BCUT2D eigenvalue weighted by Gasteiger charge is 2.24. The van der Waals surface area contributed by atoms with Crippen LogP contribution in [0.15, 0.2) is 41.3 Å². The minimum Gasteiger partial charge on any atom is -0.368 e. The van der Waals surface area contributed by atoms with Crippen molar-refractivity contribution in [2.75, 3.05) is 37.6 Å². The molecular weight excluding hydrogens is 386 g/mol. The zero-order valence-electron chi connectivity index (χ0n) is 17.5. The number of amides is 1. The van der Waals surface area contributed by atoms with Crippen molar-refractivity contribution in [2.24, 2.45) is 0 Å². The molecule has 6 nitrogen and oxygen atoms in total. The lowest BCUT2D eigenvalue weighted by Crippen LogP contribution is -2.51. The summed E-state index contributed by atoms with van der Waals surface area (Å²) in [4.78, 5) is 16.7. The van der Waals surface area contributed by atoms with Crippen molar-refractivity contribution in [1.29, 1.82) is 0 Å². The number of hydrogen-bond acceptors (Lipinski definition) is 4. The van der Waals surface area contributed by atoms with E-state index in [1.165, 1.54) is 16.8 Å². The zero-order valence-corrected chi connectivity index (χ0v) is 18.3. The van der Waals surface area contributed by atoms with Crippen LogP contribution in [-0.2, 0) is 14.8 Å². The lowest BCUT2D eigenvalue weighted by molar-refractivity contribution is -0.130. The molecule has 2 aromatic rings. The Kier molecular flexibility index (Phi) is 6.29. The van der Waals surface area contributed by atoms with Gasteiger partial charge in [-0.05, 0) is 68.1 Å². The Morgan fingerprint density at radius 2 is 1.62 bits per heavy atom. The smallest absolute Gasteiger partial charge is 0.241 e. The van der Waals surface area contributed by atoms with Crippen LogP contribution in [0.25, 0.3) is 0 Å². The molecule has 7 heteroatoms. The van der Waals surface area contributed by atoms with Crippen LogP contribution in [0.3, 0.4) is 0 Å². The number of aryl methyl sites for hydroxylation is 3. The van der Waals surface area contributed by atoms with Gasteiger partial charge in [-0.2, -0.15) is 0 Å². The zero-order chi connectivity index (χ0) is 21.2. The van der Waals surface area contributed by atoms with Gasteiger partial charge in [0.05, 0.1) is 11.4 Å². The maximum atomic E-state index is 12.5. The van der Waals surface area contributed by atoms with Crippen LogP contribution >= 0.6 is 0 Å². The molecule has 0 bridgehead atoms. The van der Waals surface area contributed by atoms with Crippen LogP contribution < -0.4 is 9.62 Å². The van der Waals surface area contributed by atoms with Gasteiger partial charge in [0.25, 0.3) is 0 Å². The van der Waals surface area contributed by atoms with E-state index in [1.807, 2.05) is 13.8 Å². The predicted octanol–water partition coefficient (Wildman–Crippen LogP) is 2.55. The lowest BCUT2D eigenvalue weighted by atomic mass is 10.1. The van der Waals surface area contributed by atoms with Crippen LogP contribution in [-0.4, -0.2) is 51.9 Å². The molecular formula is C22H29N3O3S. The van der Waals surface area contributed by atoms with Crippen molar-refractivity contribution >= 4 is 21.6 Å². The lowest BCUT2D eigenvalue weighted by Gasteiger charge is -2.37. The number of benzene rings is 2. The van der Waals surface area contributed by atoms with E-state index in [0.717, 1.165) is 24.2 Å². The quantitative estimate of drug-likeness (QED) is 0.815. The third-order valence-corrected chi connectivity index (χ3v) is 7.15. The van der Waals surface area contributed by atoms with Crippen LogP contribution in [0.5, 0.6) is 0 Å². The Morgan fingerprint density at radius 1 is 0.931 bits per heavy atom. The standard InChI is InChI=1S/C22H29N3O3S/c1-16-8-9-20(14-18(16)3)29(27,28)23-15-22(26)25-12-10-24(11-13-25)21-7-5-6-17(2)19(21)4/h5-9,14,23H,10-13,15H2,1-4H3. The summed E-state index contributed by atoms with van der Waals surface area (Å²) in [5, 5.41) is 0. The first kappa shape index (κ1) is 21.3. The highest BCUT2D eigenvalue weighted by Crippen LogP contribution is 2.24. The van der Waals surface area contributed by atoms with Crippen molar-refractivity contribution in [1.82, 2.24) is 9.62 Å². The van der Waals surface area contributed by atoms with Crippen molar-refractivity contribution in [3.8, 4) is 0 Å². The van der Waals surface area contributed by atoms with Gasteiger partial charge in [-0.3, -0.25) is 4.79 Å². The molecule has 0 spiro atoms. The fourth-order valence-electron chi connectivity index (χ4n) is 3.51. The average molecular weight is 416 g/mol. The topological polar surface area (TPSA) is 69.7 Å². The fraction of sp³-hybridized carbons (Fsp3) is 0.409. The van der Waals surface area contributed by atoms with Gasteiger partial charge in [-0.25, -0.2) is 13.1 Å². The van der Waals surface area contributed by atoms with Gasteiger partial charge in [-0.15, -0.1) is 0 Å². The predicted molar refractivity (Wildman–Crippen MR) is 116 cm³/mol. The van der Waals surface area contributed by atoms with Crippen molar-refractivity contribution in [3.05, 3.63) is 58.7 Å². The first-order valence-corrected chi connectivity index (χ1v) is 11.3. The monoisotopic (exact) mass is 415 g/mol. The van der Waals surface area contributed by atoms with Crippen molar-refractivity contribution < 1.29 is 13.2 Å². The molecule has 1 heterocycles. The molecule has 0 aromatic heterocycles. The summed E-state index contributed by atoms with van der Waals surface area (Å²) in [5.74, 6) is -0.196. The normalized spacial score (nSPS) is 14.9. The summed E-state index contributed by atoms with van der Waals surface area (Å²) in [6, 6.07) is 11.2. The second kappa shape index (κ2) is 8.55. The Balaban J connectivity index is 1.57. The largest absolute Gasteiger partial charge is 0.368 e. The molecule has 1 fully saturated rings. The second-order valence-corrected chi connectivity index (χ2v) is 9.42. The molecule has 1 N–H and O–H groups in total. The number of nitrogens with one attached hydrogen (secondary N) is 1. The third kappa shape index (κ3) is 4.79. The number of rotatable bonds is 5. The first-order chi connectivity index (χ1) is 13.7. The van der Waals surface area contributed by atoms with Gasteiger partial charge in [0.2, 0.25) is 15.9 Å². The summed E-state index contributed by atoms with van der Waals surface area (Å²) < 4.78 is 27.4. The number of carbonyl (C=O) groups excluding carboxylic acids is 1. The molecule has 1 saturated heterocycles. The minimum absolute atomic E-state index is 0.188. The van der Waals surface area contributed by atoms with E-state index in [2.05, 4.69) is 41.7 Å². The molecule has 29 heavy (non-hydrogen) atoms. The van der Waals surface area contributed by atoms with Gasteiger partial charge >= 0.3 is 0 Å². The molecule has 1 amide bonds. The number of piperazine rings is 1. The van der Waals surface area contributed by atoms with Gasteiger partial charge in [0.15, 0.2) is 0 Å². The fourth-order valence-corrected chi connectivity index (χ4v) is 4.57. The van der Waals surface area contributed by atoms with Crippen LogP contribution in [0.2, 0.25) is 0 Å². The first-order valence-electron chi connectivity index (χ1n) is 9.85. The van der Waals surface area contributed by atoms with Gasteiger partial charge in [0.1, 0.15) is 0 Å². The SMILES string of the molecule is Cc1ccc(S(=O)(=O)NCC(=O)N2CCN(c3cccc(C)c3C)CC2)cc1C.